The molecule has 1 amide bonds. The molecule has 0 fully saturated rings. The molecule has 4 nitrogen and oxygen atoms in total. The van der Waals surface area contributed by atoms with Crippen LogP contribution in [0.2, 0.25) is 0 Å². The van der Waals surface area contributed by atoms with Crippen molar-refractivity contribution in [1.82, 2.24) is 9.88 Å². The highest BCUT2D eigenvalue weighted by Crippen LogP contribution is 2.22. The van der Waals surface area contributed by atoms with E-state index in [-0.39, 0.29) is 17.5 Å². The van der Waals surface area contributed by atoms with E-state index in [4.69, 9.17) is 0 Å². The van der Waals surface area contributed by atoms with Crippen LogP contribution in [0.15, 0.2) is 59.4 Å². The van der Waals surface area contributed by atoms with E-state index in [0.717, 1.165) is 42.3 Å². The summed E-state index contributed by atoms with van der Waals surface area (Å²) in [6.45, 7) is 6.73. The number of fused-ring (bicyclic) bond motifs is 1. The van der Waals surface area contributed by atoms with Crippen LogP contribution in [-0.4, -0.2) is 10.5 Å². The average Bonchev–Trinajstić information content (AvgIpc) is 2.75. The molecule has 0 aliphatic carbocycles. The highest BCUT2D eigenvalue weighted by atomic mass is 16.2. The van der Waals surface area contributed by atoms with E-state index in [1.165, 1.54) is 0 Å². The molecule has 0 aliphatic rings. The maximum atomic E-state index is 13.4. The quantitative estimate of drug-likeness (QED) is 0.525. The van der Waals surface area contributed by atoms with Crippen molar-refractivity contribution in [2.75, 3.05) is 0 Å². The van der Waals surface area contributed by atoms with E-state index < -0.39 is 0 Å². The molecule has 1 N–H and O–H groups in total. The molecule has 0 saturated heterocycles. The third-order valence-corrected chi connectivity index (χ3v) is 5.57. The third kappa shape index (κ3) is 4.42. The van der Waals surface area contributed by atoms with Gasteiger partial charge in [-0.15, -0.1) is 0 Å². The van der Waals surface area contributed by atoms with Crippen molar-refractivity contribution in [3.8, 4) is 0 Å². The molecule has 0 aliphatic heterocycles. The summed E-state index contributed by atoms with van der Waals surface area (Å²) >= 11 is 0. The molecule has 152 valence electrons. The summed E-state index contributed by atoms with van der Waals surface area (Å²) in [4.78, 5) is 26.4. The van der Waals surface area contributed by atoms with Gasteiger partial charge in [0.25, 0.3) is 11.5 Å². The number of aromatic nitrogens is 1. The number of carbonyl (C=O) groups excluding carboxylic acids is 1. The fourth-order valence-electron chi connectivity index (χ4n) is 3.93. The fourth-order valence-corrected chi connectivity index (χ4v) is 3.93. The van der Waals surface area contributed by atoms with Gasteiger partial charge in [0.05, 0.1) is 11.6 Å². The first-order chi connectivity index (χ1) is 14.1. The number of pyridine rings is 1. The monoisotopic (exact) mass is 390 g/mol. The molecule has 0 radical (unpaired) electrons. The fraction of sp³-hybridized carbons (Fsp3) is 0.360. The molecule has 0 bridgehead atoms. The van der Waals surface area contributed by atoms with E-state index in [2.05, 4.69) is 19.2 Å². The number of rotatable bonds is 8. The molecule has 4 heteroatoms. The summed E-state index contributed by atoms with van der Waals surface area (Å²) in [5.41, 5.74) is 2.42. The van der Waals surface area contributed by atoms with Crippen molar-refractivity contribution in [3.05, 3.63) is 81.8 Å². The number of nitrogens with zero attached hydrogens (tertiary/aromatic N) is 1. The predicted molar refractivity (Wildman–Crippen MR) is 119 cm³/mol. The minimum Gasteiger partial charge on any atom is -0.345 e. The van der Waals surface area contributed by atoms with E-state index in [1.807, 2.05) is 61.5 Å². The Labute approximate surface area is 172 Å². The molecule has 1 heterocycles. The number of unbranched alkanes of at least 4 members (excludes halogenated alkanes) is 2. The van der Waals surface area contributed by atoms with Crippen molar-refractivity contribution >= 4 is 16.7 Å². The van der Waals surface area contributed by atoms with Gasteiger partial charge in [0, 0.05) is 23.0 Å². The topological polar surface area (TPSA) is 51.1 Å². The maximum Gasteiger partial charge on any atom is 0.258 e. The summed E-state index contributed by atoms with van der Waals surface area (Å²) < 4.78 is 1.77. The van der Waals surface area contributed by atoms with Gasteiger partial charge in [-0.2, -0.15) is 0 Å². The van der Waals surface area contributed by atoms with Crippen LogP contribution in [0.25, 0.3) is 10.8 Å². The van der Waals surface area contributed by atoms with Crippen LogP contribution in [0.3, 0.4) is 0 Å². The normalized spacial score (nSPS) is 12.1. The number of benzene rings is 2. The van der Waals surface area contributed by atoms with E-state index in [9.17, 15) is 9.59 Å². The second-order valence-corrected chi connectivity index (χ2v) is 7.51. The number of hydrogen-bond acceptors (Lipinski definition) is 2. The van der Waals surface area contributed by atoms with Crippen LogP contribution in [0.4, 0.5) is 0 Å². The largest absolute Gasteiger partial charge is 0.345 e. The molecule has 29 heavy (non-hydrogen) atoms. The predicted octanol–water partition coefficient (Wildman–Crippen LogP) is 5.38. The molecular formula is C25H30N2O2. The van der Waals surface area contributed by atoms with E-state index in [1.54, 1.807) is 4.57 Å². The summed E-state index contributed by atoms with van der Waals surface area (Å²) in [6.07, 6.45) is 3.87. The minimum absolute atomic E-state index is 0.0131. The first-order valence-electron chi connectivity index (χ1n) is 10.6. The first kappa shape index (κ1) is 20.8. The number of amides is 1. The summed E-state index contributed by atoms with van der Waals surface area (Å²) in [6, 6.07) is 17.4. The summed E-state index contributed by atoms with van der Waals surface area (Å²) in [7, 11) is 0. The van der Waals surface area contributed by atoms with Crippen LogP contribution < -0.4 is 10.9 Å². The zero-order valence-electron chi connectivity index (χ0n) is 17.6. The average molecular weight is 391 g/mol. The zero-order chi connectivity index (χ0) is 20.8. The highest BCUT2D eigenvalue weighted by Gasteiger charge is 2.21. The Morgan fingerprint density at radius 1 is 0.966 bits per heavy atom. The van der Waals surface area contributed by atoms with E-state index in [0.29, 0.717) is 17.5 Å². The Kier molecular flexibility index (Phi) is 6.86. The number of hydrogen-bond donors (Lipinski definition) is 1. The number of nitrogens with one attached hydrogen (secondary N) is 1. The molecule has 3 aromatic rings. The van der Waals surface area contributed by atoms with Gasteiger partial charge in [-0.1, -0.05) is 75.2 Å². The Hall–Kier alpha value is -2.88. The lowest BCUT2D eigenvalue weighted by molar-refractivity contribution is 0.0935. The Morgan fingerprint density at radius 2 is 1.62 bits per heavy atom. The molecule has 3 rings (SSSR count). The van der Waals surface area contributed by atoms with Gasteiger partial charge in [-0.25, -0.2) is 0 Å². The smallest absolute Gasteiger partial charge is 0.258 e. The number of carbonyl (C=O) groups is 1. The van der Waals surface area contributed by atoms with Gasteiger partial charge in [0.15, 0.2) is 0 Å². The maximum absolute atomic E-state index is 13.4. The van der Waals surface area contributed by atoms with Gasteiger partial charge < -0.3 is 9.88 Å². The van der Waals surface area contributed by atoms with Crippen LogP contribution in [0, 0.1) is 6.92 Å². The molecule has 1 atom stereocenters. The molecular weight excluding hydrogens is 360 g/mol. The van der Waals surface area contributed by atoms with Gasteiger partial charge in [-0.05, 0) is 31.4 Å². The minimum atomic E-state index is -0.126. The van der Waals surface area contributed by atoms with Gasteiger partial charge in [0.1, 0.15) is 0 Å². The lowest BCUT2D eigenvalue weighted by Crippen LogP contribution is -2.32. The SMILES string of the molecule is CCCCCn1c(C)c(C(=O)N[C@@H](CC)c2ccccc2)c2ccccc2c1=O. The highest BCUT2D eigenvalue weighted by molar-refractivity contribution is 6.07. The molecule has 0 spiro atoms. The van der Waals surface area contributed by atoms with Crippen LogP contribution in [0.1, 0.15) is 67.2 Å². The van der Waals surface area contributed by atoms with Gasteiger partial charge >= 0.3 is 0 Å². The van der Waals surface area contributed by atoms with Crippen molar-refractivity contribution in [2.45, 2.75) is 59.0 Å². The second kappa shape index (κ2) is 9.55. The molecule has 2 aromatic carbocycles. The van der Waals surface area contributed by atoms with Crippen LogP contribution in [0.5, 0.6) is 0 Å². The molecule has 0 saturated carbocycles. The molecule has 1 aromatic heterocycles. The Balaban J connectivity index is 2.05. The Morgan fingerprint density at radius 3 is 2.28 bits per heavy atom. The van der Waals surface area contributed by atoms with E-state index >= 15 is 0 Å². The first-order valence-corrected chi connectivity index (χ1v) is 10.6. The Bertz CT molecular complexity index is 1040. The lowest BCUT2D eigenvalue weighted by atomic mass is 10.0. The van der Waals surface area contributed by atoms with Crippen LogP contribution in [-0.2, 0) is 6.54 Å². The summed E-state index contributed by atoms with van der Waals surface area (Å²) in [5, 5.41) is 4.52. The van der Waals surface area contributed by atoms with Gasteiger partial charge in [-0.3, -0.25) is 9.59 Å². The van der Waals surface area contributed by atoms with Crippen molar-refractivity contribution in [2.24, 2.45) is 0 Å². The van der Waals surface area contributed by atoms with Crippen molar-refractivity contribution in [3.63, 3.8) is 0 Å². The second-order valence-electron chi connectivity index (χ2n) is 7.51. The van der Waals surface area contributed by atoms with Gasteiger partial charge in [0.2, 0.25) is 0 Å². The van der Waals surface area contributed by atoms with Crippen molar-refractivity contribution < 1.29 is 4.79 Å². The molecule has 0 unspecified atom stereocenters. The third-order valence-electron chi connectivity index (χ3n) is 5.57. The standard InChI is InChI=1S/C25H30N2O2/c1-4-6-12-17-27-18(3)23(20-15-10-11-16-21(20)25(27)29)24(28)26-22(5-2)19-13-8-7-9-14-19/h7-11,13-16,22H,4-6,12,17H2,1-3H3,(H,26,28)/t22-/m0/s1. The lowest BCUT2D eigenvalue weighted by Gasteiger charge is -2.21. The summed E-state index contributed by atoms with van der Waals surface area (Å²) in [5.74, 6) is -0.126. The van der Waals surface area contributed by atoms with Crippen LogP contribution >= 0.6 is 0 Å². The zero-order valence-corrected chi connectivity index (χ0v) is 17.6. The van der Waals surface area contributed by atoms with Crippen molar-refractivity contribution in [1.29, 1.82) is 0 Å².